The maximum atomic E-state index is 5.72. The zero-order valence-corrected chi connectivity index (χ0v) is 8.90. The fourth-order valence-electron chi connectivity index (χ4n) is 1.51. The Morgan fingerprint density at radius 1 is 1.31 bits per heavy atom. The van der Waals surface area contributed by atoms with E-state index in [0.29, 0.717) is 15.0 Å². The summed E-state index contributed by atoms with van der Waals surface area (Å²) in [5, 5.41) is 0. The minimum absolute atomic E-state index is 0.254. The van der Waals surface area contributed by atoms with Gasteiger partial charge in [-0.2, -0.15) is 0 Å². The Bertz CT molecular complexity index is 278. The molecule has 0 saturated carbocycles. The molecule has 2 nitrogen and oxygen atoms in total. The van der Waals surface area contributed by atoms with Crippen LogP contribution in [0.1, 0.15) is 18.6 Å². The molecule has 1 fully saturated rings. The van der Waals surface area contributed by atoms with Crippen molar-refractivity contribution in [2.45, 2.75) is 19.1 Å². The Balaban J connectivity index is 2.19. The molecule has 0 spiro atoms. The maximum absolute atomic E-state index is 5.72. The second-order valence-electron chi connectivity index (χ2n) is 3.39. The van der Waals surface area contributed by atoms with Crippen molar-refractivity contribution in [2.75, 3.05) is 7.05 Å². The molecular formula is C10H14NOP. The smallest absolute Gasteiger partial charge is 0.104 e. The molecule has 1 heterocycles. The third-order valence-corrected chi connectivity index (χ3v) is 3.56. The first-order valence-corrected chi connectivity index (χ1v) is 5.33. The van der Waals surface area contributed by atoms with E-state index in [-0.39, 0.29) is 6.10 Å². The Kier molecular flexibility index (Phi) is 2.63. The molecular weight excluding hydrogens is 181 g/mol. The predicted octanol–water partition coefficient (Wildman–Crippen LogP) is 2.59. The van der Waals surface area contributed by atoms with Gasteiger partial charge in [0, 0.05) is 6.04 Å². The number of rotatable bonds is 1. The van der Waals surface area contributed by atoms with Gasteiger partial charge in [-0.05, 0) is 19.5 Å². The summed E-state index contributed by atoms with van der Waals surface area (Å²) in [5.74, 6) is 0. The number of likely N-dealkylation sites (N-methyl/N-ethyl adjacent to an activating group) is 1. The van der Waals surface area contributed by atoms with Crippen LogP contribution in [0.4, 0.5) is 0 Å². The van der Waals surface area contributed by atoms with Crippen molar-refractivity contribution in [3.05, 3.63) is 35.9 Å². The van der Waals surface area contributed by atoms with Gasteiger partial charge >= 0.3 is 0 Å². The van der Waals surface area contributed by atoms with Crippen LogP contribution in [-0.2, 0) is 4.52 Å². The fourth-order valence-corrected chi connectivity index (χ4v) is 2.43. The van der Waals surface area contributed by atoms with Gasteiger partial charge in [-0.15, -0.1) is 0 Å². The average molecular weight is 195 g/mol. The van der Waals surface area contributed by atoms with E-state index in [4.69, 9.17) is 4.52 Å². The Hall–Kier alpha value is -0.430. The number of hydrogen-bond donors (Lipinski definition) is 0. The molecule has 1 aromatic carbocycles. The van der Waals surface area contributed by atoms with Crippen molar-refractivity contribution in [2.24, 2.45) is 0 Å². The van der Waals surface area contributed by atoms with E-state index in [2.05, 4.69) is 42.9 Å². The van der Waals surface area contributed by atoms with Gasteiger partial charge in [0.25, 0.3) is 0 Å². The molecule has 0 bridgehead atoms. The lowest BCUT2D eigenvalue weighted by atomic mass is 10.0. The Morgan fingerprint density at radius 2 is 2.00 bits per heavy atom. The van der Waals surface area contributed by atoms with Crippen LogP contribution in [0.3, 0.4) is 0 Å². The van der Waals surface area contributed by atoms with Gasteiger partial charge in [0.2, 0.25) is 0 Å². The third kappa shape index (κ3) is 1.76. The summed E-state index contributed by atoms with van der Waals surface area (Å²) in [4.78, 5) is 0. The van der Waals surface area contributed by atoms with E-state index in [1.165, 1.54) is 5.56 Å². The third-order valence-electron chi connectivity index (χ3n) is 2.50. The molecule has 1 aliphatic rings. The topological polar surface area (TPSA) is 12.5 Å². The maximum Gasteiger partial charge on any atom is 0.104 e. The zero-order chi connectivity index (χ0) is 9.26. The summed E-state index contributed by atoms with van der Waals surface area (Å²) in [7, 11) is 2.61. The Morgan fingerprint density at radius 3 is 2.54 bits per heavy atom. The largest absolute Gasteiger partial charge is 0.337 e. The number of benzene rings is 1. The second-order valence-corrected chi connectivity index (χ2v) is 4.52. The molecule has 1 unspecified atom stereocenters. The molecule has 0 amide bonds. The van der Waals surface area contributed by atoms with Gasteiger partial charge in [-0.25, -0.2) is 0 Å². The molecule has 3 heteroatoms. The molecule has 0 aromatic heterocycles. The zero-order valence-electron chi connectivity index (χ0n) is 7.90. The molecule has 0 N–H and O–H groups in total. The van der Waals surface area contributed by atoms with E-state index in [1.54, 1.807) is 0 Å². The highest BCUT2D eigenvalue weighted by atomic mass is 31.1. The number of nitrogens with zero attached hydrogens (tertiary/aromatic N) is 1. The van der Waals surface area contributed by atoms with Crippen molar-refractivity contribution in [1.29, 1.82) is 0 Å². The molecule has 3 atom stereocenters. The van der Waals surface area contributed by atoms with Crippen molar-refractivity contribution < 1.29 is 4.52 Å². The molecule has 2 rings (SSSR count). The first-order chi connectivity index (χ1) is 6.29. The highest BCUT2D eigenvalue weighted by Crippen LogP contribution is 2.42. The minimum atomic E-state index is 0.254. The SMILES string of the molecule is C[C@H]1[C@@H](c2ccccc2)OPN1C. The van der Waals surface area contributed by atoms with Crippen molar-refractivity contribution in [3.8, 4) is 0 Å². The summed E-state index contributed by atoms with van der Waals surface area (Å²) < 4.78 is 7.96. The number of hydrogen-bond acceptors (Lipinski definition) is 2. The molecule has 0 radical (unpaired) electrons. The summed E-state index contributed by atoms with van der Waals surface area (Å²) in [6, 6.07) is 10.9. The van der Waals surface area contributed by atoms with Crippen LogP contribution in [0, 0.1) is 0 Å². The monoisotopic (exact) mass is 195 g/mol. The first kappa shape index (κ1) is 9.14. The van der Waals surface area contributed by atoms with Crippen molar-refractivity contribution >= 4 is 8.96 Å². The van der Waals surface area contributed by atoms with Gasteiger partial charge in [0.15, 0.2) is 0 Å². The van der Waals surface area contributed by atoms with Gasteiger partial charge in [-0.3, -0.25) is 4.67 Å². The van der Waals surface area contributed by atoms with Crippen LogP contribution < -0.4 is 0 Å². The van der Waals surface area contributed by atoms with E-state index in [1.807, 2.05) is 6.07 Å². The van der Waals surface area contributed by atoms with Gasteiger partial charge < -0.3 is 4.52 Å². The summed E-state index contributed by atoms with van der Waals surface area (Å²) >= 11 is 0. The van der Waals surface area contributed by atoms with Crippen LogP contribution in [0.25, 0.3) is 0 Å². The predicted molar refractivity (Wildman–Crippen MR) is 55.8 cm³/mol. The molecule has 70 valence electrons. The molecule has 0 aliphatic carbocycles. The summed E-state index contributed by atoms with van der Waals surface area (Å²) in [6.07, 6.45) is 0.254. The van der Waals surface area contributed by atoms with E-state index in [9.17, 15) is 0 Å². The lowest BCUT2D eigenvalue weighted by molar-refractivity contribution is 0.219. The normalized spacial score (nSPS) is 31.2. The fraction of sp³-hybridized carbons (Fsp3) is 0.400. The lowest BCUT2D eigenvalue weighted by Crippen LogP contribution is -2.21. The quantitative estimate of drug-likeness (QED) is 0.638. The van der Waals surface area contributed by atoms with Crippen LogP contribution in [0.15, 0.2) is 30.3 Å². The first-order valence-electron chi connectivity index (χ1n) is 4.48. The van der Waals surface area contributed by atoms with Crippen molar-refractivity contribution in [3.63, 3.8) is 0 Å². The highest BCUT2D eigenvalue weighted by molar-refractivity contribution is 7.29. The standard InChI is InChI=1S/C10H14NOP/c1-8-10(12-13-11(8)2)9-6-4-3-5-7-9/h3-8,10,13H,1-2H3/t8-,10-/m0/s1. The molecule has 1 saturated heterocycles. The van der Waals surface area contributed by atoms with E-state index < -0.39 is 0 Å². The summed E-state index contributed by atoms with van der Waals surface area (Å²) in [6.45, 7) is 2.21. The highest BCUT2D eigenvalue weighted by Gasteiger charge is 2.30. The Labute approximate surface area is 80.8 Å². The van der Waals surface area contributed by atoms with Crippen LogP contribution in [0.5, 0.6) is 0 Å². The van der Waals surface area contributed by atoms with E-state index >= 15 is 0 Å². The van der Waals surface area contributed by atoms with Gasteiger partial charge in [0.1, 0.15) is 6.10 Å². The van der Waals surface area contributed by atoms with Crippen molar-refractivity contribution in [1.82, 2.24) is 4.67 Å². The van der Waals surface area contributed by atoms with Gasteiger partial charge in [0.05, 0.1) is 8.96 Å². The van der Waals surface area contributed by atoms with Crippen LogP contribution in [-0.4, -0.2) is 17.8 Å². The second kappa shape index (κ2) is 3.75. The molecule has 13 heavy (non-hydrogen) atoms. The van der Waals surface area contributed by atoms with Gasteiger partial charge in [-0.1, -0.05) is 30.3 Å². The lowest BCUT2D eigenvalue weighted by Gasteiger charge is -2.17. The molecule has 1 aromatic rings. The van der Waals surface area contributed by atoms with E-state index in [0.717, 1.165) is 0 Å². The minimum Gasteiger partial charge on any atom is -0.337 e. The summed E-state index contributed by atoms with van der Waals surface area (Å²) in [5.41, 5.74) is 1.28. The van der Waals surface area contributed by atoms with Crippen LogP contribution in [0.2, 0.25) is 0 Å². The molecule has 1 aliphatic heterocycles. The van der Waals surface area contributed by atoms with Crippen LogP contribution >= 0.6 is 8.96 Å². The average Bonchev–Trinajstić information content (AvgIpc) is 2.49.